The van der Waals surface area contributed by atoms with Crippen LogP contribution in [0, 0.1) is 0 Å². The average molecular weight is 368 g/mol. The molecule has 1 fully saturated rings. The maximum Gasteiger partial charge on any atom is 0.321 e. The van der Waals surface area contributed by atoms with Crippen LogP contribution in [-0.2, 0) is 0 Å². The van der Waals surface area contributed by atoms with Crippen LogP contribution in [0.2, 0.25) is 0 Å². The van der Waals surface area contributed by atoms with E-state index in [1.54, 1.807) is 7.11 Å². The second-order valence-electron chi connectivity index (χ2n) is 6.84. The van der Waals surface area contributed by atoms with Crippen LogP contribution in [0.25, 0.3) is 0 Å². The molecule has 0 bridgehead atoms. The summed E-state index contributed by atoms with van der Waals surface area (Å²) < 4.78 is 5.20. The smallest absolute Gasteiger partial charge is 0.321 e. The topological polar surface area (TPSA) is 72.8 Å². The van der Waals surface area contributed by atoms with Gasteiger partial charge in [-0.1, -0.05) is 6.07 Å². The summed E-state index contributed by atoms with van der Waals surface area (Å²) >= 11 is 0. The van der Waals surface area contributed by atoms with Crippen molar-refractivity contribution in [3.63, 3.8) is 0 Å². The number of anilines is 1. The van der Waals surface area contributed by atoms with Crippen molar-refractivity contribution in [3.8, 4) is 5.75 Å². The number of methoxy groups -OCH3 is 1. The van der Waals surface area contributed by atoms with Gasteiger partial charge in [0.1, 0.15) is 17.4 Å². The molecule has 0 spiro atoms. The maximum atomic E-state index is 12.5. The van der Waals surface area contributed by atoms with Gasteiger partial charge in [0, 0.05) is 44.0 Å². The predicted molar refractivity (Wildman–Crippen MR) is 105 cm³/mol. The molecule has 0 radical (unpaired) electrons. The Morgan fingerprint density at radius 3 is 2.85 bits per heavy atom. The molecule has 27 heavy (non-hydrogen) atoms. The normalized spacial score (nSPS) is 21.6. The molecule has 4 rings (SSSR count). The van der Waals surface area contributed by atoms with Gasteiger partial charge in [-0.3, -0.25) is 4.99 Å². The Bertz CT molecular complexity index is 810. The van der Waals surface area contributed by atoms with Gasteiger partial charge >= 0.3 is 6.03 Å². The summed E-state index contributed by atoms with van der Waals surface area (Å²) in [6.07, 6.45) is 3.91. The lowest BCUT2D eigenvalue weighted by Crippen LogP contribution is -2.50. The first-order valence-electron chi connectivity index (χ1n) is 9.17. The largest absolute Gasteiger partial charge is 0.497 e. The summed E-state index contributed by atoms with van der Waals surface area (Å²) in [6, 6.07) is 7.65. The SMILES string of the molecule is COc1cccc(NC(=O)N2CCN(C3=CC4=NC[C@H](C)N4C=N3)CC2)c1. The molecule has 3 heterocycles. The van der Waals surface area contributed by atoms with Crippen molar-refractivity contribution in [1.82, 2.24) is 14.7 Å². The van der Waals surface area contributed by atoms with E-state index in [1.165, 1.54) is 0 Å². The van der Waals surface area contributed by atoms with Crippen LogP contribution < -0.4 is 10.1 Å². The number of fused-ring (bicyclic) bond motifs is 1. The molecular formula is C19H24N6O2. The van der Waals surface area contributed by atoms with E-state index in [1.807, 2.05) is 41.6 Å². The second-order valence-corrected chi connectivity index (χ2v) is 6.84. The number of carbonyl (C=O) groups is 1. The first-order valence-corrected chi connectivity index (χ1v) is 9.17. The Balaban J connectivity index is 1.33. The van der Waals surface area contributed by atoms with Gasteiger partial charge in [0.25, 0.3) is 0 Å². The third-order valence-corrected chi connectivity index (χ3v) is 5.04. The van der Waals surface area contributed by atoms with E-state index in [0.29, 0.717) is 19.1 Å². The highest BCUT2D eigenvalue weighted by atomic mass is 16.5. The van der Waals surface area contributed by atoms with E-state index in [4.69, 9.17) is 4.74 Å². The molecule has 2 amide bonds. The molecule has 1 aromatic rings. The van der Waals surface area contributed by atoms with E-state index in [9.17, 15) is 4.79 Å². The minimum atomic E-state index is -0.0933. The lowest BCUT2D eigenvalue weighted by molar-refractivity contribution is 0.166. The molecule has 1 N–H and O–H groups in total. The highest BCUT2D eigenvalue weighted by molar-refractivity contribution is 6.03. The Kier molecular flexibility index (Phi) is 4.70. The van der Waals surface area contributed by atoms with Gasteiger partial charge in [0.2, 0.25) is 0 Å². The number of nitrogens with one attached hydrogen (secondary N) is 1. The van der Waals surface area contributed by atoms with E-state index < -0.39 is 0 Å². The first kappa shape index (κ1) is 17.4. The van der Waals surface area contributed by atoms with Gasteiger partial charge < -0.3 is 24.8 Å². The molecule has 1 aromatic carbocycles. The molecule has 8 nitrogen and oxygen atoms in total. The lowest BCUT2D eigenvalue weighted by atomic mass is 10.2. The number of rotatable bonds is 3. The molecule has 3 aliphatic heterocycles. The highest BCUT2D eigenvalue weighted by Gasteiger charge is 2.28. The van der Waals surface area contributed by atoms with Crippen LogP contribution in [0.1, 0.15) is 6.92 Å². The van der Waals surface area contributed by atoms with Gasteiger partial charge in [-0.15, -0.1) is 0 Å². The quantitative estimate of drug-likeness (QED) is 0.884. The number of amidine groups is 1. The van der Waals surface area contributed by atoms with Crippen molar-refractivity contribution in [2.24, 2.45) is 9.98 Å². The number of ether oxygens (including phenoxy) is 1. The number of piperazine rings is 1. The van der Waals surface area contributed by atoms with Crippen LogP contribution in [0.3, 0.4) is 0 Å². The zero-order valence-electron chi connectivity index (χ0n) is 15.6. The molecule has 0 saturated carbocycles. The van der Waals surface area contributed by atoms with Gasteiger partial charge in [-0.25, -0.2) is 9.79 Å². The number of hydrogen-bond donors (Lipinski definition) is 1. The van der Waals surface area contributed by atoms with Crippen LogP contribution in [-0.4, -0.2) is 78.8 Å². The van der Waals surface area contributed by atoms with Crippen LogP contribution >= 0.6 is 0 Å². The fourth-order valence-corrected chi connectivity index (χ4v) is 3.40. The Hall–Kier alpha value is -3.03. The highest BCUT2D eigenvalue weighted by Crippen LogP contribution is 2.20. The molecule has 0 aliphatic carbocycles. The van der Waals surface area contributed by atoms with Crippen molar-refractivity contribution in [3.05, 3.63) is 36.2 Å². The van der Waals surface area contributed by atoms with Gasteiger partial charge in [0.05, 0.1) is 26.0 Å². The third-order valence-electron chi connectivity index (χ3n) is 5.04. The fourth-order valence-electron chi connectivity index (χ4n) is 3.40. The van der Waals surface area contributed by atoms with Crippen molar-refractivity contribution < 1.29 is 9.53 Å². The van der Waals surface area contributed by atoms with Crippen molar-refractivity contribution in [1.29, 1.82) is 0 Å². The summed E-state index contributed by atoms with van der Waals surface area (Å²) in [4.78, 5) is 27.8. The minimum absolute atomic E-state index is 0.0933. The zero-order chi connectivity index (χ0) is 18.8. The average Bonchev–Trinajstić information content (AvgIpc) is 3.08. The van der Waals surface area contributed by atoms with E-state index in [-0.39, 0.29) is 6.03 Å². The Morgan fingerprint density at radius 2 is 2.07 bits per heavy atom. The minimum Gasteiger partial charge on any atom is -0.497 e. The molecule has 1 saturated heterocycles. The zero-order valence-corrected chi connectivity index (χ0v) is 15.6. The van der Waals surface area contributed by atoms with Crippen LogP contribution in [0.15, 0.2) is 46.1 Å². The van der Waals surface area contributed by atoms with Gasteiger partial charge in [0.15, 0.2) is 0 Å². The molecule has 0 unspecified atom stereocenters. The number of urea groups is 1. The summed E-state index contributed by atoms with van der Waals surface area (Å²) in [5.41, 5.74) is 0.731. The second kappa shape index (κ2) is 7.30. The maximum absolute atomic E-state index is 12.5. The summed E-state index contributed by atoms with van der Waals surface area (Å²) in [5.74, 6) is 2.62. The monoisotopic (exact) mass is 368 g/mol. The lowest BCUT2D eigenvalue weighted by Gasteiger charge is -2.37. The number of amides is 2. The Labute approximate surface area is 158 Å². The van der Waals surface area contributed by atoms with Gasteiger partial charge in [-0.2, -0.15) is 0 Å². The number of aliphatic imine (C=N–C) groups is 2. The first-order chi connectivity index (χ1) is 13.1. The molecule has 1 atom stereocenters. The Morgan fingerprint density at radius 1 is 1.26 bits per heavy atom. The number of nitrogens with zero attached hydrogens (tertiary/aromatic N) is 5. The summed E-state index contributed by atoms with van der Waals surface area (Å²) in [5, 5.41) is 2.93. The van der Waals surface area contributed by atoms with E-state index in [0.717, 1.165) is 42.7 Å². The predicted octanol–water partition coefficient (Wildman–Crippen LogP) is 1.83. The standard InChI is InChI=1S/C19H24N6O2/c1-14-12-20-18-11-17(21-13-25(14)18)23-6-8-24(9-7-23)19(26)22-15-4-3-5-16(10-15)27-2/h3-5,10-11,13-14H,6-9,12H2,1-2H3,(H,22,26)/t14-/m0/s1. The van der Waals surface area contributed by atoms with Crippen molar-refractivity contribution >= 4 is 23.9 Å². The number of benzene rings is 1. The molecule has 3 aliphatic rings. The van der Waals surface area contributed by atoms with E-state index in [2.05, 4.69) is 32.0 Å². The fraction of sp³-hybridized carbons (Fsp3) is 0.421. The van der Waals surface area contributed by atoms with Crippen LogP contribution in [0.4, 0.5) is 10.5 Å². The van der Waals surface area contributed by atoms with Crippen molar-refractivity contribution in [2.45, 2.75) is 13.0 Å². The number of hydrogen-bond acceptors (Lipinski definition) is 6. The molecule has 0 aromatic heterocycles. The summed E-state index contributed by atoms with van der Waals surface area (Å²) in [7, 11) is 1.61. The molecular weight excluding hydrogens is 344 g/mol. The van der Waals surface area contributed by atoms with Gasteiger partial charge in [-0.05, 0) is 19.1 Å². The van der Waals surface area contributed by atoms with Crippen LogP contribution in [0.5, 0.6) is 5.75 Å². The molecule has 142 valence electrons. The molecule has 8 heteroatoms. The summed E-state index contributed by atoms with van der Waals surface area (Å²) in [6.45, 7) is 5.74. The van der Waals surface area contributed by atoms with E-state index >= 15 is 0 Å². The number of carbonyl (C=O) groups excluding carboxylic acids is 1. The third kappa shape index (κ3) is 3.60. The van der Waals surface area contributed by atoms with Crippen molar-refractivity contribution in [2.75, 3.05) is 45.2 Å².